The molecule has 0 spiro atoms. The van der Waals surface area contributed by atoms with E-state index in [0.717, 1.165) is 0 Å². The average Bonchev–Trinajstić information content (AvgIpc) is 2.06. The standard InChI is InChI=1S/C4H7O2S.C3H5O2.Y/c1-6-4(5)3-7-2;1-3(4)5-2;/h2-3H2,1H3;1H2,2H3;/q2*-1;. The minimum absolute atomic E-state index is 0. The number of thioether (sulfide) groups is 1. The zero-order valence-electron chi connectivity index (χ0n) is 7.74. The average molecular weight is 281 g/mol. The topological polar surface area (TPSA) is 52.6 Å². The van der Waals surface area contributed by atoms with Gasteiger partial charge in [0.05, 0.1) is 20.0 Å². The molecular weight excluding hydrogens is 269 g/mol. The Bertz CT molecular complexity index is 140. The number of methoxy groups -OCH3 is 2. The second kappa shape index (κ2) is 14.8. The van der Waals surface area contributed by atoms with Gasteiger partial charge in [0.1, 0.15) is 0 Å². The first-order valence-electron chi connectivity index (χ1n) is 2.92. The Kier molecular flexibility index (Phi) is 21.5. The van der Waals surface area contributed by atoms with Crippen molar-refractivity contribution in [2.24, 2.45) is 0 Å². The molecule has 4 nitrogen and oxygen atoms in total. The number of hydrogen-bond acceptors (Lipinski definition) is 5. The molecular formula is C7H12O4SY-2. The quantitative estimate of drug-likeness (QED) is 0.550. The molecule has 0 aromatic rings. The van der Waals surface area contributed by atoms with E-state index in [1.165, 1.54) is 26.0 Å². The third kappa shape index (κ3) is 24.5. The van der Waals surface area contributed by atoms with Gasteiger partial charge in [0, 0.05) is 32.7 Å². The van der Waals surface area contributed by atoms with Crippen molar-refractivity contribution in [2.75, 3.05) is 20.0 Å². The van der Waals surface area contributed by atoms with Crippen LogP contribution in [0, 0.1) is 13.2 Å². The smallest absolute Gasteiger partial charge is 0.312 e. The summed E-state index contributed by atoms with van der Waals surface area (Å²) in [5.74, 6) is -0.374. The molecule has 0 saturated heterocycles. The summed E-state index contributed by atoms with van der Waals surface area (Å²) in [5.41, 5.74) is 0. The van der Waals surface area contributed by atoms with Gasteiger partial charge in [-0.3, -0.25) is 22.8 Å². The third-order valence-corrected chi connectivity index (χ3v) is 1.12. The Labute approximate surface area is 108 Å². The van der Waals surface area contributed by atoms with Gasteiger partial charge in [-0.05, 0) is 0 Å². The molecule has 0 rings (SSSR count). The predicted molar refractivity (Wildman–Crippen MR) is 47.2 cm³/mol. The van der Waals surface area contributed by atoms with Crippen LogP contribution < -0.4 is 0 Å². The summed E-state index contributed by atoms with van der Waals surface area (Å²) in [6.45, 7) is 2.90. The van der Waals surface area contributed by atoms with E-state index in [0.29, 0.717) is 5.75 Å². The van der Waals surface area contributed by atoms with Crippen molar-refractivity contribution in [3.63, 3.8) is 0 Å². The van der Waals surface area contributed by atoms with Gasteiger partial charge in [0.25, 0.3) is 0 Å². The number of hydrogen-bond donors (Lipinski definition) is 0. The number of rotatable bonds is 2. The van der Waals surface area contributed by atoms with E-state index in [9.17, 15) is 9.59 Å². The summed E-state index contributed by atoms with van der Waals surface area (Å²) in [6, 6.07) is 0. The molecule has 0 heterocycles. The molecule has 0 N–H and O–H groups in total. The van der Waals surface area contributed by atoms with Crippen molar-refractivity contribution < 1.29 is 51.8 Å². The molecule has 6 heteroatoms. The van der Waals surface area contributed by atoms with E-state index in [4.69, 9.17) is 0 Å². The minimum atomic E-state index is -0.495. The van der Waals surface area contributed by atoms with Crippen LogP contribution in [-0.2, 0) is 51.8 Å². The zero-order chi connectivity index (χ0) is 9.98. The van der Waals surface area contributed by atoms with Crippen LogP contribution in [-0.4, -0.2) is 31.9 Å². The maximum Gasteiger partial charge on any atom is 0.312 e. The monoisotopic (exact) mass is 281 g/mol. The van der Waals surface area contributed by atoms with Gasteiger partial charge in [-0.25, -0.2) is 0 Å². The SMILES string of the molecule is [CH2-]C(=O)OC.[CH2-]SCC(=O)OC.[Y]. The molecule has 0 aromatic carbocycles. The Balaban J connectivity index is -0.000000150. The van der Waals surface area contributed by atoms with Crippen molar-refractivity contribution in [3.05, 3.63) is 13.2 Å². The first-order valence-corrected chi connectivity index (χ1v) is 4.07. The second-order valence-electron chi connectivity index (χ2n) is 1.50. The van der Waals surface area contributed by atoms with Crippen LogP contribution in [0.25, 0.3) is 0 Å². The molecule has 0 aliphatic heterocycles. The van der Waals surface area contributed by atoms with Crippen LogP contribution >= 0.6 is 11.8 Å². The van der Waals surface area contributed by atoms with Gasteiger partial charge in [0.15, 0.2) is 5.97 Å². The van der Waals surface area contributed by atoms with E-state index in [2.05, 4.69) is 22.7 Å². The van der Waals surface area contributed by atoms with Gasteiger partial charge >= 0.3 is 5.97 Å². The summed E-state index contributed by atoms with van der Waals surface area (Å²) in [7, 11) is 2.65. The molecule has 0 unspecified atom stereocenters. The fraction of sp³-hybridized carbons (Fsp3) is 0.429. The van der Waals surface area contributed by atoms with Crippen molar-refractivity contribution in [1.29, 1.82) is 0 Å². The minimum Gasteiger partial charge on any atom is -0.492 e. The molecule has 0 aromatic heterocycles. The number of carbonyl (C=O) groups excluding carboxylic acids is 2. The first-order chi connectivity index (χ1) is 5.58. The van der Waals surface area contributed by atoms with E-state index in [1.807, 2.05) is 0 Å². The fourth-order valence-corrected chi connectivity index (χ4v) is 0.427. The fourth-order valence-electron chi connectivity index (χ4n) is 0.142. The van der Waals surface area contributed by atoms with Gasteiger partial charge in [0.2, 0.25) is 0 Å². The summed E-state index contributed by atoms with van der Waals surface area (Å²) in [6.07, 6.45) is 3.39. The Morgan fingerprint density at radius 3 is 1.77 bits per heavy atom. The molecule has 0 saturated carbocycles. The zero-order valence-corrected chi connectivity index (χ0v) is 11.4. The molecule has 0 atom stereocenters. The van der Waals surface area contributed by atoms with Gasteiger partial charge in [-0.15, -0.1) is 0 Å². The predicted octanol–water partition coefficient (Wildman–Crippen LogP) is 0.675. The summed E-state index contributed by atoms with van der Waals surface area (Å²) >= 11 is 1.21. The van der Waals surface area contributed by atoms with Crippen LogP contribution in [0.1, 0.15) is 0 Å². The first kappa shape index (κ1) is 18.9. The van der Waals surface area contributed by atoms with Crippen molar-refractivity contribution in [2.45, 2.75) is 0 Å². The molecule has 13 heavy (non-hydrogen) atoms. The number of carbonyl (C=O) groups is 2. The van der Waals surface area contributed by atoms with E-state index < -0.39 is 5.97 Å². The maximum absolute atomic E-state index is 10.1. The molecule has 1 radical (unpaired) electrons. The van der Waals surface area contributed by atoms with Crippen molar-refractivity contribution in [3.8, 4) is 0 Å². The Hall–Kier alpha value is 0.264. The van der Waals surface area contributed by atoms with Crippen LogP contribution in [0.15, 0.2) is 0 Å². The maximum atomic E-state index is 10.1. The number of ether oxygens (including phenoxy) is 2. The van der Waals surface area contributed by atoms with Crippen LogP contribution in [0.2, 0.25) is 0 Å². The van der Waals surface area contributed by atoms with Gasteiger partial charge in [-0.2, -0.15) is 0 Å². The molecule has 0 amide bonds. The Morgan fingerprint density at radius 1 is 1.31 bits per heavy atom. The van der Waals surface area contributed by atoms with Crippen LogP contribution in [0.3, 0.4) is 0 Å². The van der Waals surface area contributed by atoms with E-state index in [-0.39, 0.29) is 38.7 Å². The second-order valence-corrected chi connectivity index (χ2v) is 2.20. The van der Waals surface area contributed by atoms with Crippen LogP contribution in [0.4, 0.5) is 0 Å². The molecule has 0 fully saturated rings. The summed E-state index contributed by atoms with van der Waals surface area (Å²) < 4.78 is 8.29. The van der Waals surface area contributed by atoms with Crippen molar-refractivity contribution in [1.82, 2.24) is 0 Å². The summed E-state index contributed by atoms with van der Waals surface area (Å²) in [4.78, 5) is 19.6. The Morgan fingerprint density at radius 2 is 1.69 bits per heavy atom. The third-order valence-electron chi connectivity index (χ3n) is 0.675. The normalized spacial score (nSPS) is 7.00. The van der Waals surface area contributed by atoms with Gasteiger partial charge in [-0.1, -0.05) is 0 Å². The molecule has 75 valence electrons. The van der Waals surface area contributed by atoms with Crippen molar-refractivity contribution >= 4 is 23.7 Å². The van der Waals surface area contributed by atoms with E-state index >= 15 is 0 Å². The molecule has 0 bridgehead atoms. The number of esters is 2. The van der Waals surface area contributed by atoms with E-state index in [1.54, 1.807) is 0 Å². The van der Waals surface area contributed by atoms with Crippen LogP contribution in [0.5, 0.6) is 0 Å². The largest absolute Gasteiger partial charge is 0.492 e. The molecule has 0 aliphatic rings. The summed E-state index contributed by atoms with van der Waals surface area (Å²) in [5, 5.41) is 0. The molecule has 0 aliphatic carbocycles. The van der Waals surface area contributed by atoms with Gasteiger partial charge < -0.3 is 21.2 Å².